The molecule has 37 heavy (non-hydrogen) atoms. The highest BCUT2D eigenvalue weighted by Gasteiger charge is 2.22. The fourth-order valence-electron chi connectivity index (χ4n) is 5.11. The molecule has 0 saturated carbocycles. The van der Waals surface area contributed by atoms with E-state index in [1.807, 2.05) is 22.7 Å². The number of thiophene rings is 2. The molecule has 0 aromatic carbocycles. The normalized spacial score (nSPS) is 13.5. The van der Waals surface area contributed by atoms with Crippen LogP contribution in [0.1, 0.15) is 76.8 Å². The molecule has 4 aromatic heterocycles. The van der Waals surface area contributed by atoms with Crippen molar-refractivity contribution in [3.63, 3.8) is 0 Å². The molecular weight excluding hydrogens is 663 g/mol. The summed E-state index contributed by atoms with van der Waals surface area (Å²) in [7, 11) is 1.26. The van der Waals surface area contributed by atoms with Crippen molar-refractivity contribution in [2.45, 2.75) is 91.7 Å². The van der Waals surface area contributed by atoms with E-state index in [0.29, 0.717) is 0 Å². The monoisotopic (exact) mass is 698 g/mol. The van der Waals surface area contributed by atoms with Crippen LogP contribution < -0.4 is 0 Å². The van der Waals surface area contributed by atoms with Gasteiger partial charge in [0.05, 0.1) is 17.3 Å². The van der Waals surface area contributed by atoms with Crippen molar-refractivity contribution in [2.24, 2.45) is 11.8 Å². The number of hydrogen-bond acceptors (Lipinski definition) is 6. The van der Waals surface area contributed by atoms with E-state index in [2.05, 4.69) is 71.6 Å². The number of rotatable bonds is 15. The summed E-state index contributed by atoms with van der Waals surface area (Å²) >= 11 is 14.7. The predicted octanol–water partition coefficient (Wildman–Crippen LogP) is 11.7. The highest BCUT2D eigenvalue weighted by atomic mass is 79.9. The second-order valence-electron chi connectivity index (χ2n) is 10.1. The van der Waals surface area contributed by atoms with Crippen LogP contribution in [0, 0.1) is 11.8 Å². The first-order valence-electron chi connectivity index (χ1n) is 13.8. The second-order valence-corrected chi connectivity index (χ2v) is 16.9. The number of hydrogen-bond donors (Lipinski definition) is 0. The molecule has 4 heterocycles. The van der Waals surface area contributed by atoms with E-state index in [1.165, 1.54) is 87.0 Å². The summed E-state index contributed by atoms with van der Waals surface area (Å²) in [6.07, 6.45) is 12.7. The Labute approximate surface area is 256 Å². The van der Waals surface area contributed by atoms with Gasteiger partial charge < -0.3 is 0 Å². The summed E-state index contributed by atoms with van der Waals surface area (Å²) in [6.45, 7) is 9.23. The molecule has 0 amide bonds. The quantitative estimate of drug-likeness (QED) is 0.115. The average Bonchev–Trinajstić information content (AvgIpc) is 3.62. The number of thiazole rings is 2. The van der Waals surface area contributed by atoms with Crippen LogP contribution >= 0.6 is 77.2 Å². The van der Waals surface area contributed by atoms with Crippen molar-refractivity contribution in [2.75, 3.05) is 0 Å². The molecule has 200 valence electrons. The fraction of sp³-hybridized carbons (Fsp3) is 0.571. The maximum Gasteiger partial charge on any atom is 0.155 e. The van der Waals surface area contributed by atoms with Crippen LogP contribution in [-0.2, 0) is 12.8 Å². The van der Waals surface area contributed by atoms with Gasteiger partial charge in [0.1, 0.15) is 17.3 Å². The zero-order valence-electron chi connectivity index (χ0n) is 22.4. The van der Waals surface area contributed by atoms with Crippen LogP contribution in [0.25, 0.3) is 29.4 Å². The van der Waals surface area contributed by atoms with Crippen LogP contribution in [0.3, 0.4) is 0 Å². The molecular formula is C28H37BBr2N2S4. The number of aromatic nitrogens is 2. The van der Waals surface area contributed by atoms with Crippen LogP contribution in [0.2, 0.25) is 13.1 Å². The SMILES string of the molecule is CBCC(CCCC)Cc1cc(Br)sc1-c1nc2sc(-c3sc(Br)cc3CC(CC)CCCC)nc2s1. The smallest absolute Gasteiger partial charge is 0.155 e. The number of halogens is 2. The Morgan fingerprint density at radius 2 is 1.24 bits per heavy atom. The van der Waals surface area contributed by atoms with Crippen LogP contribution in [0.15, 0.2) is 19.7 Å². The van der Waals surface area contributed by atoms with E-state index in [9.17, 15) is 0 Å². The lowest BCUT2D eigenvalue weighted by Gasteiger charge is -2.15. The maximum atomic E-state index is 5.13. The lowest BCUT2D eigenvalue weighted by molar-refractivity contribution is 0.450. The van der Waals surface area contributed by atoms with Crippen molar-refractivity contribution in [1.29, 1.82) is 0 Å². The van der Waals surface area contributed by atoms with Gasteiger partial charge in [-0.05, 0) is 79.8 Å². The number of nitrogens with zero attached hydrogens (tertiary/aromatic N) is 2. The summed E-state index contributed by atoms with van der Waals surface area (Å²) in [6, 6.07) is 4.66. The molecule has 4 rings (SSSR count). The van der Waals surface area contributed by atoms with Crippen LogP contribution in [-0.4, -0.2) is 17.2 Å². The molecule has 2 unspecified atom stereocenters. The van der Waals surface area contributed by atoms with Crippen molar-refractivity contribution in [3.05, 3.63) is 30.8 Å². The molecule has 2 nitrogen and oxygen atoms in total. The minimum absolute atomic E-state index is 0.746. The van der Waals surface area contributed by atoms with Crippen molar-refractivity contribution in [1.82, 2.24) is 9.97 Å². The lowest BCUT2D eigenvalue weighted by Crippen LogP contribution is -2.06. The predicted molar refractivity (Wildman–Crippen MR) is 179 cm³/mol. The van der Waals surface area contributed by atoms with Gasteiger partial charge in [0.25, 0.3) is 0 Å². The Hall–Kier alpha value is -0.0551. The van der Waals surface area contributed by atoms with Crippen molar-refractivity contribution < 1.29 is 0 Å². The molecule has 0 aliphatic rings. The van der Waals surface area contributed by atoms with Gasteiger partial charge >= 0.3 is 0 Å². The molecule has 0 bridgehead atoms. The van der Waals surface area contributed by atoms with E-state index in [0.717, 1.165) is 44.4 Å². The Balaban J connectivity index is 1.58. The molecule has 0 spiro atoms. The molecule has 0 aliphatic heterocycles. The Morgan fingerprint density at radius 1 is 0.757 bits per heavy atom. The maximum absolute atomic E-state index is 5.13. The highest BCUT2D eigenvalue weighted by molar-refractivity contribution is 9.11. The molecule has 0 aliphatic carbocycles. The van der Waals surface area contributed by atoms with Gasteiger partial charge in [0.2, 0.25) is 0 Å². The average molecular weight is 701 g/mol. The van der Waals surface area contributed by atoms with Gasteiger partial charge in [-0.3, -0.25) is 0 Å². The molecule has 0 saturated heterocycles. The molecule has 4 aromatic rings. The Morgan fingerprint density at radius 3 is 1.70 bits per heavy atom. The van der Waals surface area contributed by atoms with Crippen LogP contribution in [0.5, 0.6) is 0 Å². The summed E-state index contributed by atoms with van der Waals surface area (Å²) in [5, 5.41) is 2.27. The third kappa shape index (κ3) is 7.78. The van der Waals surface area contributed by atoms with E-state index >= 15 is 0 Å². The molecule has 0 radical (unpaired) electrons. The van der Waals surface area contributed by atoms with E-state index < -0.39 is 0 Å². The summed E-state index contributed by atoms with van der Waals surface area (Å²) < 4.78 is 2.41. The number of unbranched alkanes of at least 4 members (excludes halogenated alkanes) is 2. The Bertz CT molecular complexity index is 1240. The molecule has 0 fully saturated rings. The topological polar surface area (TPSA) is 25.8 Å². The van der Waals surface area contributed by atoms with Crippen LogP contribution in [0.4, 0.5) is 0 Å². The summed E-state index contributed by atoms with van der Waals surface area (Å²) in [5.41, 5.74) is 2.90. The van der Waals surface area contributed by atoms with Gasteiger partial charge in [-0.25, -0.2) is 9.97 Å². The molecule has 9 heteroatoms. The van der Waals surface area contributed by atoms with E-state index in [-0.39, 0.29) is 0 Å². The largest absolute Gasteiger partial charge is 0.222 e. The van der Waals surface area contributed by atoms with Gasteiger partial charge in [-0.1, -0.05) is 102 Å². The number of fused-ring (bicyclic) bond motifs is 1. The zero-order chi connectivity index (χ0) is 26.4. The lowest BCUT2D eigenvalue weighted by atomic mass is 9.69. The first kappa shape index (κ1) is 29.9. The standard InChI is InChI=1S/C28H37BBr2N2S4/c1-5-8-10-17(7-3)12-19-14-21(30)34-23(19)25-32-27-28(36-25)33-26(37-27)24-20(15-22(31)35-24)13-18(16-29-4)11-9-6-2/h14-15,17-18,29H,5-13,16H2,1-4H3. The van der Waals surface area contributed by atoms with Gasteiger partial charge in [0.15, 0.2) is 9.66 Å². The summed E-state index contributed by atoms with van der Waals surface area (Å²) in [5.74, 6) is 1.51. The molecule has 0 N–H and O–H groups in total. The fourth-order valence-corrected chi connectivity index (χ4v) is 10.7. The van der Waals surface area contributed by atoms with Gasteiger partial charge in [-0.15, -0.1) is 22.7 Å². The zero-order valence-corrected chi connectivity index (χ0v) is 28.8. The van der Waals surface area contributed by atoms with Gasteiger partial charge in [0, 0.05) is 0 Å². The van der Waals surface area contributed by atoms with E-state index in [1.54, 1.807) is 22.7 Å². The third-order valence-electron chi connectivity index (χ3n) is 7.15. The molecule has 2 atom stereocenters. The minimum Gasteiger partial charge on any atom is -0.222 e. The minimum atomic E-state index is 0.746. The Kier molecular flexibility index (Phi) is 11.8. The second kappa shape index (κ2) is 14.5. The first-order valence-corrected chi connectivity index (χ1v) is 18.6. The first-order chi connectivity index (χ1) is 17.9. The van der Waals surface area contributed by atoms with Crippen molar-refractivity contribution >= 4 is 94.1 Å². The van der Waals surface area contributed by atoms with Crippen molar-refractivity contribution in [3.8, 4) is 19.8 Å². The van der Waals surface area contributed by atoms with E-state index in [4.69, 9.17) is 9.97 Å². The van der Waals surface area contributed by atoms with Gasteiger partial charge in [-0.2, -0.15) is 0 Å². The summed E-state index contributed by atoms with van der Waals surface area (Å²) in [4.78, 5) is 15.1. The highest BCUT2D eigenvalue weighted by Crippen LogP contribution is 2.45. The third-order valence-corrected chi connectivity index (χ3v) is 12.8.